The van der Waals surface area contributed by atoms with Gasteiger partial charge in [-0.3, -0.25) is 9.59 Å². The van der Waals surface area contributed by atoms with E-state index in [4.69, 9.17) is 9.90 Å². The average molecular weight is 185 g/mol. The monoisotopic (exact) mass is 184 g/mol. The predicted octanol–water partition coefficient (Wildman–Crippen LogP) is 1.08. The Morgan fingerprint density at radius 2 is 1.64 bits per heavy atom. The minimum absolute atomic E-state index is 0. The average Bonchev–Trinajstić information content (AvgIpc) is 1.62. The molecule has 0 fully saturated rings. The molecule has 0 aliphatic carbocycles. The van der Waals surface area contributed by atoms with E-state index in [9.17, 15) is 4.79 Å². The topological polar surface area (TPSA) is 63.6 Å². The van der Waals surface area contributed by atoms with E-state index in [0.29, 0.717) is 6.61 Å². The molecule has 0 radical (unpaired) electrons. The highest BCUT2D eigenvalue weighted by molar-refractivity contribution is 5.85. The number of carboxylic acids is 1. The van der Waals surface area contributed by atoms with Gasteiger partial charge in [0.15, 0.2) is 0 Å². The van der Waals surface area contributed by atoms with Crippen LogP contribution in [0.25, 0.3) is 0 Å². The summed E-state index contributed by atoms with van der Waals surface area (Å²) in [5.41, 5.74) is 0. The molecule has 11 heavy (non-hydrogen) atoms. The van der Waals surface area contributed by atoms with Gasteiger partial charge in [0, 0.05) is 13.8 Å². The van der Waals surface area contributed by atoms with E-state index in [2.05, 4.69) is 4.74 Å². The first-order chi connectivity index (χ1) is 4.50. The summed E-state index contributed by atoms with van der Waals surface area (Å²) in [7, 11) is 0. The molecule has 0 aromatic carbocycles. The maximum absolute atomic E-state index is 9.82. The number of ether oxygens (including phenoxy) is 1. The summed E-state index contributed by atoms with van der Waals surface area (Å²) in [5.74, 6) is -1.04. The summed E-state index contributed by atoms with van der Waals surface area (Å²) in [5, 5.41) is 7.42. The number of hydrogen-bond acceptors (Lipinski definition) is 3. The molecular formula is C6H13ClO4. The molecule has 68 valence electrons. The fourth-order valence-corrected chi connectivity index (χ4v) is 0.203. The van der Waals surface area contributed by atoms with Gasteiger partial charge in [-0.2, -0.15) is 0 Å². The number of esters is 1. The van der Waals surface area contributed by atoms with Crippen molar-refractivity contribution in [2.75, 3.05) is 6.61 Å². The van der Waals surface area contributed by atoms with Crippen molar-refractivity contribution in [1.82, 2.24) is 0 Å². The third kappa shape index (κ3) is 97.0. The van der Waals surface area contributed by atoms with Crippen molar-refractivity contribution in [3.8, 4) is 0 Å². The Morgan fingerprint density at radius 1 is 1.36 bits per heavy atom. The van der Waals surface area contributed by atoms with Gasteiger partial charge < -0.3 is 9.84 Å². The lowest BCUT2D eigenvalue weighted by molar-refractivity contribution is -0.140. The summed E-state index contributed by atoms with van der Waals surface area (Å²) < 4.78 is 4.40. The lowest BCUT2D eigenvalue weighted by Gasteiger charge is -1.89. The quantitative estimate of drug-likeness (QED) is 0.620. The van der Waals surface area contributed by atoms with Crippen LogP contribution in [0, 0.1) is 0 Å². The molecule has 0 aromatic rings. The number of hydrogen-bond donors (Lipinski definition) is 1. The standard InChI is InChI=1S/C4H8O2.C2H4O2.ClH/c1-3-6-4(2)5;1-2(3)4;/h3H2,1-2H3;1H3,(H,3,4);1H. The van der Waals surface area contributed by atoms with Crippen molar-refractivity contribution in [3.05, 3.63) is 0 Å². The summed E-state index contributed by atoms with van der Waals surface area (Å²) in [6.45, 7) is 4.74. The number of carboxylic acid groups (broad SMARTS) is 1. The van der Waals surface area contributed by atoms with Gasteiger partial charge in [0.2, 0.25) is 0 Å². The minimum Gasteiger partial charge on any atom is -0.481 e. The Kier molecular flexibility index (Phi) is 18.1. The molecule has 0 aromatic heterocycles. The van der Waals surface area contributed by atoms with Crippen LogP contribution in [0.5, 0.6) is 0 Å². The van der Waals surface area contributed by atoms with Crippen LogP contribution in [-0.2, 0) is 14.3 Å². The number of carbonyl (C=O) groups is 2. The Bertz CT molecular complexity index is 109. The molecule has 4 nitrogen and oxygen atoms in total. The lowest BCUT2D eigenvalue weighted by Crippen LogP contribution is -1.95. The molecule has 5 heteroatoms. The molecule has 0 unspecified atom stereocenters. The van der Waals surface area contributed by atoms with Crippen LogP contribution in [-0.4, -0.2) is 23.7 Å². The molecule has 0 saturated heterocycles. The zero-order valence-corrected chi connectivity index (χ0v) is 7.60. The first-order valence-electron chi connectivity index (χ1n) is 2.83. The van der Waals surface area contributed by atoms with E-state index in [0.717, 1.165) is 6.92 Å². The zero-order chi connectivity index (χ0) is 8.57. The van der Waals surface area contributed by atoms with Crippen molar-refractivity contribution >= 4 is 24.3 Å². The predicted molar refractivity (Wildman–Crippen MR) is 42.9 cm³/mol. The van der Waals surface area contributed by atoms with Gasteiger partial charge in [-0.1, -0.05) is 0 Å². The smallest absolute Gasteiger partial charge is 0.302 e. The molecule has 0 aliphatic heterocycles. The Labute approximate surface area is 72.0 Å². The molecule has 0 aliphatic rings. The van der Waals surface area contributed by atoms with Crippen LogP contribution >= 0.6 is 12.4 Å². The second-order valence-electron chi connectivity index (χ2n) is 1.44. The minimum atomic E-state index is -0.833. The summed E-state index contributed by atoms with van der Waals surface area (Å²) in [6, 6.07) is 0. The third-order valence-corrected chi connectivity index (χ3v) is 0.348. The summed E-state index contributed by atoms with van der Waals surface area (Å²) >= 11 is 0. The number of carbonyl (C=O) groups excluding carboxylic acids is 1. The van der Waals surface area contributed by atoms with E-state index in [1.54, 1.807) is 6.92 Å². The van der Waals surface area contributed by atoms with Crippen molar-refractivity contribution in [3.63, 3.8) is 0 Å². The number of rotatable bonds is 1. The van der Waals surface area contributed by atoms with E-state index in [-0.39, 0.29) is 18.4 Å². The maximum Gasteiger partial charge on any atom is 0.302 e. The van der Waals surface area contributed by atoms with Crippen LogP contribution in [0.2, 0.25) is 0 Å². The normalized spacial score (nSPS) is 6.45. The molecule has 0 rings (SSSR count). The Balaban J connectivity index is -0.000000114. The van der Waals surface area contributed by atoms with Gasteiger partial charge in [-0.05, 0) is 6.92 Å². The second-order valence-corrected chi connectivity index (χ2v) is 1.44. The maximum atomic E-state index is 9.82. The molecule has 0 saturated carbocycles. The van der Waals surface area contributed by atoms with Gasteiger partial charge in [-0.15, -0.1) is 12.4 Å². The molecule has 0 spiro atoms. The molecule has 0 amide bonds. The summed E-state index contributed by atoms with van der Waals surface area (Å²) in [4.78, 5) is 18.8. The SMILES string of the molecule is CC(=O)O.CCOC(C)=O.Cl. The molecular weight excluding hydrogens is 172 g/mol. The molecule has 0 heterocycles. The van der Waals surface area contributed by atoms with Gasteiger partial charge in [0.1, 0.15) is 0 Å². The van der Waals surface area contributed by atoms with Gasteiger partial charge in [0.05, 0.1) is 6.61 Å². The van der Waals surface area contributed by atoms with E-state index in [1.165, 1.54) is 6.92 Å². The Hall–Kier alpha value is -0.770. The van der Waals surface area contributed by atoms with Gasteiger partial charge in [0.25, 0.3) is 5.97 Å². The zero-order valence-electron chi connectivity index (χ0n) is 6.79. The lowest BCUT2D eigenvalue weighted by atomic mass is 10.8. The van der Waals surface area contributed by atoms with Crippen LogP contribution < -0.4 is 0 Å². The third-order valence-electron chi connectivity index (χ3n) is 0.348. The van der Waals surface area contributed by atoms with E-state index >= 15 is 0 Å². The van der Waals surface area contributed by atoms with Crippen LogP contribution in [0.4, 0.5) is 0 Å². The van der Waals surface area contributed by atoms with E-state index in [1.807, 2.05) is 0 Å². The number of halogens is 1. The number of aliphatic carboxylic acids is 1. The largest absolute Gasteiger partial charge is 0.481 e. The molecule has 0 bridgehead atoms. The first-order valence-corrected chi connectivity index (χ1v) is 2.83. The van der Waals surface area contributed by atoms with Crippen LogP contribution in [0.3, 0.4) is 0 Å². The fourth-order valence-electron chi connectivity index (χ4n) is 0.203. The van der Waals surface area contributed by atoms with Crippen molar-refractivity contribution in [2.24, 2.45) is 0 Å². The van der Waals surface area contributed by atoms with Crippen molar-refractivity contribution in [2.45, 2.75) is 20.8 Å². The first kappa shape index (κ1) is 16.7. The van der Waals surface area contributed by atoms with Crippen molar-refractivity contribution < 1.29 is 19.4 Å². The highest BCUT2D eigenvalue weighted by atomic mass is 35.5. The summed E-state index contributed by atoms with van der Waals surface area (Å²) in [6.07, 6.45) is 0. The van der Waals surface area contributed by atoms with Gasteiger partial charge >= 0.3 is 5.97 Å². The van der Waals surface area contributed by atoms with E-state index < -0.39 is 5.97 Å². The molecule has 1 N–H and O–H groups in total. The van der Waals surface area contributed by atoms with Crippen molar-refractivity contribution in [1.29, 1.82) is 0 Å². The molecule has 0 atom stereocenters. The van der Waals surface area contributed by atoms with Crippen LogP contribution in [0.1, 0.15) is 20.8 Å². The highest BCUT2D eigenvalue weighted by Crippen LogP contribution is 1.69. The Morgan fingerprint density at radius 3 is 1.64 bits per heavy atom. The fraction of sp³-hybridized carbons (Fsp3) is 0.667. The second kappa shape index (κ2) is 12.0. The van der Waals surface area contributed by atoms with Gasteiger partial charge in [-0.25, -0.2) is 0 Å². The highest BCUT2D eigenvalue weighted by Gasteiger charge is 1.81. The van der Waals surface area contributed by atoms with Crippen LogP contribution in [0.15, 0.2) is 0 Å².